The number of carbonyl (C=O) groups excluding carboxylic acids is 3. The number of carbonyl (C=O) groups is 3. The first-order valence-corrected chi connectivity index (χ1v) is 33.9. The summed E-state index contributed by atoms with van der Waals surface area (Å²) in [7, 11) is 0. The van der Waals surface area contributed by atoms with Crippen LogP contribution in [0, 0.1) is 0 Å². The van der Waals surface area contributed by atoms with E-state index in [0.717, 1.165) is 96.3 Å². The first kappa shape index (κ1) is 74.8. The van der Waals surface area contributed by atoms with Gasteiger partial charge < -0.3 is 14.2 Å². The third-order valence-corrected chi connectivity index (χ3v) is 14.9. The number of hydrogen-bond acceptors (Lipinski definition) is 6. The predicted octanol–water partition coefficient (Wildman–Crippen LogP) is 23.3. The second kappa shape index (κ2) is 66.4. The molecular weight excluding hydrogens is 961 g/mol. The second-order valence-electron chi connectivity index (χ2n) is 22.7. The molecule has 0 aliphatic carbocycles. The molecule has 6 heteroatoms. The Labute approximate surface area is 484 Å². The highest BCUT2D eigenvalue weighted by atomic mass is 16.6. The van der Waals surface area contributed by atoms with Gasteiger partial charge in [-0.25, -0.2) is 0 Å². The Bertz CT molecular complexity index is 1440. The van der Waals surface area contributed by atoms with Gasteiger partial charge in [0.05, 0.1) is 0 Å². The molecule has 452 valence electrons. The lowest BCUT2D eigenvalue weighted by Gasteiger charge is -2.18. The van der Waals surface area contributed by atoms with Crippen LogP contribution in [0.25, 0.3) is 0 Å². The molecule has 0 radical (unpaired) electrons. The molecule has 0 saturated carbocycles. The molecule has 0 aliphatic rings. The minimum atomic E-state index is -0.779. The third-order valence-electron chi connectivity index (χ3n) is 14.9. The van der Waals surface area contributed by atoms with E-state index in [2.05, 4.69) is 93.7 Å². The average Bonchev–Trinajstić information content (AvgIpc) is 3.44. The van der Waals surface area contributed by atoms with Crippen molar-refractivity contribution in [2.75, 3.05) is 13.2 Å². The van der Waals surface area contributed by atoms with E-state index in [1.807, 2.05) is 0 Å². The molecule has 0 heterocycles. The van der Waals surface area contributed by atoms with E-state index in [9.17, 15) is 14.4 Å². The minimum Gasteiger partial charge on any atom is -0.462 e. The zero-order chi connectivity index (χ0) is 56.4. The molecule has 78 heavy (non-hydrogen) atoms. The van der Waals surface area contributed by atoms with E-state index in [1.165, 1.54) is 212 Å². The Morgan fingerprint density at radius 1 is 0.269 bits per heavy atom. The monoisotopic (exact) mass is 1090 g/mol. The molecule has 0 saturated heterocycles. The Morgan fingerprint density at radius 3 is 0.795 bits per heavy atom. The molecule has 1 atom stereocenters. The molecule has 0 amide bonds. The zero-order valence-corrected chi connectivity index (χ0v) is 51.9. The van der Waals surface area contributed by atoms with Gasteiger partial charge >= 0.3 is 17.9 Å². The number of allylic oxidation sites excluding steroid dienone is 12. The van der Waals surface area contributed by atoms with Crippen molar-refractivity contribution in [1.29, 1.82) is 0 Å². The minimum absolute atomic E-state index is 0.0764. The van der Waals surface area contributed by atoms with Gasteiger partial charge in [0.1, 0.15) is 13.2 Å². The lowest BCUT2D eigenvalue weighted by atomic mass is 10.0. The summed E-state index contributed by atoms with van der Waals surface area (Å²) in [5.74, 6) is -0.876. The predicted molar refractivity (Wildman–Crippen MR) is 339 cm³/mol. The molecule has 0 rings (SSSR count). The molecule has 0 aromatic rings. The van der Waals surface area contributed by atoms with Crippen LogP contribution < -0.4 is 0 Å². The standard InChI is InChI=1S/C72H128O6/c1-4-7-10-13-16-19-21-23-25-27-29-31-33-34-35-36-37-38-40-41-43-45-47-49-51-53-56-59-62-65-71(74)77-68-69(67-76-70(73)64-61-58-55-18-15-12-9-6-3)78-72(75)66-63-60-57-54-52-50-48-46-44-42-39-32-30-28-26-24-22-20-17-14-11-8-5-2/h8,11,17,20,24,26-27,29-30,32,42,44,69H,4-7,9-10,12-16,18-19,21-23,25,28,31,33-41,43,45-68H2,1-3H3/b11-8-,20-17-,26-24-,29-27-,32-30-,44-42-. The summed E-state index contributed by atoms with van der Waals surface area (Å²) < 4.78 is 16.9. The lowest BCUT2D eigenvalue weighted by molar-refractivity contribution is -0.167. The van der Waals surface area contributed by atoms with Gasteiger partial charge in [0.2, 0.25) is 0 Å². The van der Waals surface area contributed by atoms with Gasteiger partial charge in [-0.3, -0.25) is 14.4 Å². The Balaban J connectivity index is 4.12. The normalized spacial score (nSPS) is 12.5. The highest BCUT2D eigenvalue weighted by Gasteiger charge is 2.19. The van der Waals surface area contributed by atoms with Gasteiger partial charge in [-0.2, -0.15) is 0 Å². The Hall–Kier alpha value is -3.15. The summed E-state index contributed by atoms with van der Waals surface area (Å²) >= 11 is 0. The Morgan fingerprint density at radius 2 is 0.500 bits per heavy atom. The number of ether oxygens (including phenoxy) is 3. The van der Waals surface area contributed by atoms with Crippen molar-refractivity contribution < 1.29 is 28.6 Å². The second-order valence-corrected chi connectivity index (χ2v) is 22.7. The van der Waals surface area contributed by atoms with E-state index in [0.29, 0.717) is 19.3 Å². The molecule has 0 bridgehead atoms. The van der Waals surface area contributed by atoms with E-state index in [4.69, 9.17) is 14.2 Å². The summed E-state index contributed by atoms with van der Waals surface area (Å²) in [4.78, 5) is 38.2. The van der Waals surface area contributed by atoms with E-state index >= 15 is 0 Å². The molecule has 0 fully saturated rings. The van der Waals surface area contributed by atoms with Crippen LogP contribution >= 0.6 is 0 Å². The molecule has 6 nitrogen and oxygen atoms in total. The molecule has 0 spiro atoms. The number of hydrogen-bond donors (Lipinski definition) is 0. The van der Waals surface area contributed by atoms with Gasteiger partial charge in [-0.05, 0) is 89.9 Å². The molecule has 0 aromatic carbocycles. The largest absolute Gasteiger partial charge is 0.462 e. The SMILES string of the molecule is CC/C=C\C/C=C\C/C=C\C/C=C\C/C=C\CCCCCCCCCC(=O)OC(COC(=O)CCCCCCCCCC)COC(=O)CCCCCCCCCCCCCCCCCCC/C=C\CCCCCCCCCC. The van der Waals surface area contributed by atoms with Crippen LogP contribution in [0.1, 0.15) is 348 Å². The van der Waals surface area contributed by atoms with Gasteiger partial charge in [-0.1, -0.05) is 312 Å². The summed E-state index contributed by atoms with van der Waals surface area (Å²) in [6.45, 7) is 6.53. The summed E-state index contributed by atoms with van der Waals surface area (Å²) in [5.41, 5.74) is 0. The maximum atomic E-state index is 12.9. The number of esters is 3. The fourth-order valence-corrected chi connectivity index (χ4v) is 9.88. The summed E-state index contributed by atoms with van der Waals surface area (Å²) in [5, 5.41) is 0. The Kier molecular flexibility index (Phi) is 63.7. The number of unbranched alkanes of at least 4 members (excludes halogenated alkanes) is 39. The number of rotatable bonds is 62. The highest BCUT2D eigenvalue weighted by molar-refractivity contribution is 5.71. The van der Waals surface area contributed by atoms with Crippen LogP contribution in [0.3, 0.4) is 0 Å². The lowest BCUT2D eigenvalue weighted by Crippen LogP contribution is -2.30. The topological polar surface area (TPSA) is 78.9 Å². The van der Waals surface area contributed by atoms with E-state index in [-0.39, 0.29) is 31.1 Å². The van der Waals surface area contributed by atoms with Gasteiger partial charge in [0.15, 0.2) is 6.10 Å². The van der Waals surface area contributed by atoms with Crippen LogP contribution in [0.4, 0.5) is 0 Å². The van der Waals surface area contributed by atoms with Crippen LogP contribution in [-0.2, 0) is 28.6 Å². The van der Waals surface area contributed by atoms with Crippen molar-refractivity contribution in [2.24, 2.45) is 0 Å². The van der Waals surface area contributed by atoms with Crippen LogP contribution in [0.2, 0.25) is 0 Å². The summed E-state index contributed by atoms with van der Waals surface area (Å²) in [6.07, 6.45) is 86.6. The van der Waals surface area contributed by atoms with Crippen molar-refractivity contribution >= 4 is 17.9 Å². The van der Waals surface area contributed by atoms with Crippen molar-refractivity contribution in [3.8, 4) is 0 Å². The maximum Gasteiger partial charge on any atom is 0.306 e. The fourth-order valence-electron chi connectivity index (χ4n) is 9.88. The molecule has 1 unspecified atom stereocenters. The molecule has 0 N–H and O–H groups in total. The van der Waals surface area contributed by atoms with E-state index < -0.39 is 6.10 Å². The van der Waals surface area contributed by atoms with Crippen molar-refractivity contribution in [2.45, 2.75) is 354 Å². The fraction of sp³-hybridized carbons (Fsp3) is 0.792. The van der Waals surface area contributed by atoms with Gasteiger partial charge in [0, 0.05) is 19.3 Å². The van der Waals surface area contributed by atoms with Crippen LogP contribution in [0.5, 0.6) is 0 Å². The van der Waals surface area contributed by atoms with Crippen molar-refractivity contribution in [3.05, 3.63) is 72.9 Å². The highest BCUT2D eigenvalue weighted by Crippen LogP contribution is 2.17. The zero-order valence-electron chi connectivity index (χ0n) is 51.9. The van der Waals surface area contributed by atoms with Crippen LogP contribution in [-0.4, -0.2) is 37.2 Å². The first-order chi connectivity index (χ1) is 38.5. The van der Waals surface area contributed by atoms with Crippen molar-refractivity contribution in [3.63, 3.8) is 0 Å². The van der Waals surface area contributed by atoms with Crippen molar-refractivity contribution in [1.82, 2.24) is 0 Å². The van der Waals surface area contributed by atoms with E-state index in [1.54, 1.807) is 0 Å². The summed E-state index contributed by atoms with van der Waals surface area (Å²) in [6, 6.07) is 0. The third kappa shape index (κ3) is 63.7. The smallest absolute Gasteiger partial charge is 0.306 e. The molecule has 0 aliphatic heterocycles. The van der Waals surface area contributed by atoms with Gasteiger partial charge in [-0.15, -0.1) is 0 Å². The average molecular weight is 1090 g/mol. The first-order valence-electron chi connectivity index (χ1n) is 33.9. The molecular formula is C72H128O6. The quantitative estimate of drug-likeness (QED) is 0.0261. The molecule has 0 aromatic heterocycles. The van der Waals surface area contributed by atoms with Gasteiger partial charge in [0.25, 0.3) is 0 Å². The van der Waals surface area contributed by atoms with Crippen LogP contribution in [0.15, 0.2) is 72.9 Å². The maximum absolute atomic E-state index is 12.9.